The predicted molar refractivity (Wildman–Crippen MR) is 77.9 cm³/mol. The van der Waals surface area contributed by atoms with Crippen LogP contribution in [0.3, 0.4) is 0 Å². The third kappa shape index (κ3) is 5.32. The van der Waals surface area contributed by atoms with Crippen molar-refractivity contribution in [1.29, 1.82) is 5.41 Å². The summed E-state index contributed by atoms with van der Waals surface area (Å²) in [6.45, 7) is 4.29. The Kier molecular flexibility index (Phi) is 6.44. The molecule has 0 atom stereocenters. The van der Waals surface area contributed by atoms with Gasteiger partial charge in [-0.25, -0.2) is 0 Å². The minimum Gasteiger partial charge on any atom is -0.384 e. The second kappa shape index (κ2) is 7.88. The smallest absolute Gasteiger partial charge is 0.122 e. The standard InChI is InChI=1S/C15H25N3/c1-3-4-5-6-10-18(2)12-13-8-7-9-14(11-13)15(16)17/h7-9,11H,3-6,10,12H2,1-2H3,(H3,16,17). The zero-order valence-electron chi connectivity index (χ0n) is 11.6. The minimum atomic E-state index is 0.141. The van der Waals surface area contributed by atoms with Crippen LogP contribution < -0.4 is 5.73 Å². The highest BCUT2D eigenvalue weighted by Gasteiger charge is 2.02. The lowest BCUT2D eigenvalue weighted by Gasteiger charge is -2.17. The Bertz CT molecular complexity index is 374. The van der Waals surface area contributed by atoms with Crippen molar-refractivity contribution >= 4 is 5.84 Å². The summed E-state index contributed by atoms with van der Waals surface area (Å²) >= 11 is 0. The summed E-state index contributed by atoms with van der Waals surface area (Å²) in [5.74, 6) is 0.141. The molecule has 1 aromatic rings. The second-order valence-corrected chi connectivity index (χ2v) is 4.91. The summed E-state index contributed by atoms with van der Waals surface area (Å²) in [4.78, 5) is 2.33. The van der Waals surface area contributed by atoms with Crippen molar-refractivity contribution in [2.45, 2.75) is 39.2 Å². The first-order chi connectivity index (χ1) is 8.63. The number of nitrogen functional groups attached to an aromatic ring is 1. The molecule has 1 rings (SSSR count). The van der Waals surface area contributed by atoms with Crippen LogP contribution in [0, 0.1) is 5.41 Å². The first kappa shape index (κ1) is 14.7. The van der Waals surface area contributed by atoms with E-state index in [4.69, 9.17) is 11.1 Å². The SMILES string of the molecule is CCCCCCN(C)Cc1cccc(C(=N)N)c1. The molecule has 0 bridgehead atoms. The van der Waals surface area contributed by atoms with Gasteiger partial charge in [-0.1, -0.05) is 44.4 Å². The van der Waals surface area contributed by atoms with E-state index in [-0.39, 0.29) is 5.84 Å². The minimum absolute atomic E-state index is 0.141. The van der Waals surface area contributed by atoms with Crippen LogP contribution in [-0.4, -0.2) is 24.3 Å². The Labute approximate surface area is 111 Å². The van der Waals surface area contributed by atoms with E-state index < -0.39 is 0 Å². The molecule has 3 nitrogen and oxygen atoms in total. The molecule has 0 aromatic heterocycles. The molecule has 0 aliphatic carbocycles. The van der Waals surface area contributed by atoms with Gasteiger partial charge in [-0.2, -0.15) is 0 Å². The number of nitrogens with zero attached hydrogens (tertiary/aromatic N) is 1. The molecule has 0 saturated heterocycles. The Morgan fingerprint density at radius 3 is 2.72 bits per heavy atom. The molecule has 3 heteroatoms. The molecule has 0 saturated carbocycles. The maximum Gasteiger partial charge on any atom is 0.122 e. The van der Waals surface area contributed by atoms with Crippen LogP contribution in [0.5, 0.6) is 0 Å². The summed E-state index contributed by atoms with van der Waals surface area (Å²) in [6, 6.07) is 7.95. The van der Waals surface area contributed by atoms with Gasteiger partial charge in [0, 0.05) is 12.1 Å². The lowest BCUT2D eigenvalue weighted by Crippen LogP contribution is -2.19. The molecule has 0 spiro atoms. The molecule has 0 heterocycles. The molecular weight excluding hydrogens is 222 g/mol. The highest BCUT2D eigenvalue weighted by atomic mass is 15.1. The van der Waals surface area contributed by atoms with E-state index in [1.165, 1.54) is 31.2 Å². The van der Waals surface area contributed by atoms with Gasteiger partial charge in [0.15, 0.2) is 0 Å². The van der Waals surface area contributed by atoms with Crippen molar-refractivity contribution in [3.8, 4) is 0 Å². The van der Waals surface area contributed by atoms with Crippen molar-refractivity contribution < 1.29 is 0 Å². The van der Waals surface area contributed by atoms with E-state index in [9.17, 15) is 0 Å². The summed E-state index contributed by atoms with van der Waals surface area (Å²) in [7, 11) is 2.15. The van der Waals surface area contributed by atoms with E-state index >= 15 is 0 Å². The molecular formula is C15H25N3. The summed E-state index contributed by atoms with van der Waals surface area (Å²) in [5.41, 5.74) is 7.53. The van der Waals surface area contributed by atoms with Crippen LogP contribution in [-0.2, 0) is 6.54 Å². The Hall–Kier alpha value is -1.35. The van der Waals surface area contributed by atoms with E-state index in [0.29, 0.717) is 0 Å². The Balaban J connectivity index is 2.41. The van der Waals surface area contributed by atoms with E-state index in [2.05, 4.69) is 24.9 Å². The number of benzene rings is 1. The Morgan fingerprint density at radius 2 is 2.06 bits per heavy atom. The molecule has 0 unspecified atom stereocenters. The monoisotopic (exact) mass is 247 g/mol. The van der Waals surface area contributed by atoms with Gasteiger partial charge in [-0.3, -0.25) is 5.41 Å². The molecule has 0 amide bonds. The van der Waals surface area contributed by atoms with Crippen molar-refractivity contribution in [3.05, 3.63) is 35.4 Å². The molecule has 0 fully saturated rings. The second-order valence-electron chi connectivity index (χ2n) is 4.91. The number of amidine groups is 1. The molecule has 100 valence electrons. The van der Waals surface area contributed by atoms with E-state index in [1.807, 2.05) is 18.2 Å². The average Bonchev–Trinajstić information content (AvgIpc) is 2.35. The van der Waals surface area contributed by atoms with Gasteiger partial charge in [0.2, 0.25) is 0 Å². The van der Waals surface area contributed by atoms with Crippen LogP contribution in [0.15, 0.2) is 24.3 Å². The Morgan fingerprint density at radius 1 is 1.28 bits per heavy atom. The van der Waals surface area contributed by atoms with Crippen LogP contribution in [0.1, 0.15) is 43.7 Å². The van der Waals surface area contributed by atoms with Gasteiger partial charge in [-0.05, 0) is 31.6 Å². The lowest BCUT2D eigenvalue weighted by atomic mass is 10.1. The van der Waals surface area contributed by atoms with Crippen LogP contribution in [0.2, 0.25) is 0 Å². The van der Waals surface area contributed by atoms with Crippen LogP contribution in [0.25, 0.3) is 0 Å². The van der Waals surface area contributed by atoms with Crippen molar-refractivity contribution in [1.82, 2.24) is 4.90 Å². The maximum atomic E-state index is 7.44. The number of hydrogen-bond donors (Lipinski definition) is 2. The highest BCUT2D eigenvalue weighted by Crippen LogP contribution is 2.08. The molecule has 3 N–H and O–H groups in total. The third-order valence-electron chi connectivity index (χ3n) is 3.08. The molecule has 1 aromatic carbocycles. The number of nitrogens with two attached hydrogens (primary N) is 1. The predicted octanol–water partition coefficient (Wildman–Crippen LogP) is 2.98. The summed E-state index contributed by atoms with van der Waals surface area (Å²) in [5, 5.41) is 7.44. The largest absolute Gasteiger partial charge is 0.384 e. The highest BCUT2D eigenvalue weighted by molar-refractivity contribution is 5.95. The fourth-order valence-corrected chi connectivity index (χ4v) is 2.04. The fraction of sp³-hybridized carbons (Fsp3) is 0.533. The fourth-order valence-electron chi connectivity index (χ4n) is 2.04. The van der Waals surface area contributed by atoms with Gasteiger partial charge in [0.1, 0.15) is 5.84 Å². The zero-order valence-corrected chi connectivity index (χ0v) is 11.6. The first-order valence-electron chi connectivity index (χ1n) is 6.75. The lowest BCUT2D eigenvalue weighted by molar-refractivity contribution is 0.317. The normalized spacial score (nSPS) is 10.8. The van der Waals surface area contributed by atoms with Crippen molar-refractivity contribution in [2.75, 3.05) is 13.6 Å². The molecule has 0 aliphatic heterocycles. The van der Waals surface area contributed by atoms with Gasteiger partial charge in [-0.15, -0.1) is 0 Å². The topological polar surface area (TPSA) is 53.1 Å². The molecule has 0 aliphatic rings. The van der Waals surface area contributed by atoms with Gasteiger partial charge < -0.3 is 10.6 Å². The van der Waals surface area contributed by atoms with Gasteiger partial charge in [0.25, 0.3) is 0 Å². The van der Waals surface area contributed by atoms with Crippen molar-refractivity contribution in [3.63, 3.8) is 0 Å². The van der Waals surface area contributed by atoms with E-state index in [0.717, 1.165) is 18.7 Å². The summed E-state index contributed by atoms with van der Waals surface area (Å²) in [6.07, 6.45) is 5.18. The molecule has 0 radical (unpaired) electrons. The third-order valence-corrected chi connectivity index (χ3v) is 3.08. The number of rotatable bonds is 8. The van der Waals surface area contributed by atoms with Crippen LogP contribution in [0.4, 0.5) is 0 Å². The van der Waals surface area contributed by atoms with Gasteiger partial charge >= 0.3 is 0 Å². The molecule has 18 heavy (non-hydrogen) atoms. The van der Waals surface area contributed by atoms with Crippen molar-refractivity contribution in [2.24, 2.45) is 5.73 Å². The zero-order chi connectivity index (χ0) is 13.4. The number of unbranched alkanes of at least 4 members (excludes halogenated alkanes) is 3. The summed E-state index contributed by atoms with van der Waals surface area (Å²) < 4.78 is 0. The number of nitrogens with one attached hydrogen (secondary N) is 1. The quantitative estimate of drug-likeness (QED) is 0.421. The maximum absolute atomic E-state index is 7.44. The average molecular weight is 247 g/mol. The first-order valence-corrected chi connectivity index (χ1v) is 6.75. The van der Waals surface area contributed by atoms with Crippen LogP contribution >= 0.6 is 0 Å². The van der Waals surface area contributed by atoms with Gasteiger partial charge in [0.05, 0.1) is 0 Å². The van der Waals surface area contributed by atoms with E-state index in [1.54, 1.807) is 0 Å². The number of hydrogen-bond acceptors (Lipinski definition) is 2.